The van der Waals surface area contributed by atoms with Crippen LogP contribution >= 0.6 is 34.5 Å². The number of nitrogens with zero attached hydrogens (tertiary/aromatic N) is 3. The molecule has 0 N–H and O–H groups in total. The first kappa shape index (κ1) is 22.3. The number of carbonyl (C=O) groups excluding carboxylic acids is 2. The molecule has 0 saturated carbocycles. The van der Waals surface area contributed by atoms with E-state index in [1.54, 1.807) is 28.8 Å². The molecule has 1 heterocycles. The second-order valence-corrected chi connectivity index (χ2v) is 8.27. The molecule has 0 aliphatic heterocycles. The highest BCUT2D eigenvalue weighted by Gasteiger charge is 2.16. The Balaban J connectivity index is 2.06. The second-order valence-electron chi connectivity index (χ2n) is 6.42. The van der Waals surface area contributed by atoms with Crippen molar-refractivity contribution < 1.29 is 14.3 Å². The number of hydrogen-bond donors (Lipinski definition) is 0. The molecule has 2 aromatic carbocycles. The van der Waals surface area contributed by atoms with Gasteiger partial charge in [0, 0.05) is 29.4 Å². The number of thiazole rings is 1. The summed E-state index contributed by atoms with van der Waals surface area (Å²) >= 11 is 13.7. The van der Waals surface area contributed by atoms with Gasteiger partial charge in [-0.2, -0.15) is 4.99 Å². The maximum atomic E-state index is 12.8. The van der Waals surface area contributed by atoms with Gasteiger partial charge in [0.2, 0.25) is 0 Å². The highest BCUT2D eigenvalue weighted by Crippen LogP contribution is 2.29. The van der Waals surface area contributed by atoms with E-state index < -0.39 is 11.9 Å². The third kappa shape index (κ3) is 4.69. The Bertz CT molecular complexity index is 1150. The zero-order valence-corrected chi connectivity index (χ0v) is 19.1. The van der Waals surface area contributed by atoms with Crippen molar-refractivity contribution in [3.63, 3.8) is 0 Å². The number of halogens is 2. The predicted octanol–water partition coefficient (Wildman–Crippen LogP) is 4.77. The third-order valence-electron chi connectivity index (χ3n) is 4.65. The topological polar surface area (TPSA) is 63.9 Å². The molecule has 0 unspecified atom stereocenters. The molecule has 1 amide bonds. The minimum atomic E-state index is -0.474. The third-order valence-corrected chi connectivity index (χ3v) is 6.18. The van der Waals surface area contributed by atoms with Crippen molar-refractivity contribution in [3.05, 3.63) is 56.8 Å². The van der Waals surface area contributed by atoms with Crippen molar-refractivity contribution in [1.82, 2.24) is 4.57 Å². The SMILES string of the molecule is CCN(CC)c1ccc(C(=O)N=c2sc3cc(Cl)cc(Cl)c3n2CC(=O)OC)cc1. The lowest BCUT2D eigenvalue weighted by Gasteiger charge is -2.20. The molecule has 0 bridgehead atoms. The number of fused-ring (bicyclic) bond motifs is 1. The molecule has 0 fully saturated rings. The minimum absolute atomic E-state index is 0.120. The van der Waals surface area contributed by atoms with Crippen molar-refractivity contribution in [2.75, 3.05) is 25.1 Å². The monoisotopic (exact) mass is 465 g/mol. The van der Waals surface area contributed by atoms with Crippen LogP contribution in [0.3, 0.4) is 0 Å². The van der Waals surface area contributed by atoms with Gasteiger partial charge in [-0.15, -0.1) is 0 Å². The number of rotatable bonds is 6. The molecule has 158 valence electrons. The van der Waals surface area contributed by atoms with Gasteiger partial charge in [-0.1, -0.05) is 34.5 Å². The van der Waals surface area contributed by atoms with Gasteiger partial charge in [0.1, 0.15) is 6.54 Å². The molecule has 6 nitrogen and oxygen atoms in total. The van der Waals surface area contributed by atoms with Gasteiger partial charge in [-0.25, -0.2) is 0 Å². The van der Waals surface area contributed by atoms with E-state index in [1.165, 1.54) is 18.4 Å². The van der Waals surface area contributed by atoms with Gasteiger partial charge in [0.25, 0.3) is 5.91 Å². The highest BCUT2D eigenvalue weighted by atomic mass is 35.5. The van der Waals surface area contributed by atoms with Crippen molar-refractivity contribution in [1.29, 1.82) is 0 Å². The smallest absolute Gasteiger partial charge is 0.325 e. The van der Waals surface area contributed by atoms with Crippen LogP contribution in [0.1, 0.15) is 24.2 Å². The van der Waals surface area contributed by atoms with Gasteiger partial charge < -0.3 is 14.2 Å². The van der Waals surface area contributed by atoms with Crippen LogP contribution in [0, 0.1) is 0 Å². The molecule has 0 aliphatic carbocycles. The van der Waals surface area contributed by atoms with Gasteiger partial charge in [0.05, 0.1) is 22.3 Å². The summed E-state index contributed by atoms with van der Waals surface area (Å²) in [5.74, 6) is -0.883. The summed E-state index contributed by atoms with van der Waals surface area (Å²) in [7, 11) is 1.30. The van der Waals surface area contributed by atoms with E-state index in [0.717, 1.165) is 23.5 Å². The molecule has 3 rings (SSSR count). The van der Waals surface area contributed by atoms with E-state index in [4.69, 9.17) is 27.9 Å². The summed E-state index contributed by atoms with van der Waals surface area (Å²) < 4.78 is 7.08. The molecular formula is C21H21Cl2N3O3S. The number of esters is 1. The number of aromatic nitrogens is 1. The van der Waals surface area contributed by atoms with Crippen molar-refractivity contribution in [2.24, 2.45) is 4.99 Å². The van der Waals surface area contributed by atoms with Gasteiger partial charge >= 0.3 is 5.97 Å². The average Bonchev–Trinajstić information content (AvgIpc) is 3.06. The Labute approximate surface area is 188 Å². The van der Waals surface area contributed by atoms with E-state index >= 15 is 0 Å². The lowest BCUT2D eigenvalue weighted by molar-refractivity contribution is -0.141. The van der Waals surface area contributed by atoms with Crippen LogP contribution in [0.5, 0.6) is 0 Å². The number of benzene rings is 2. The quantitative estimate of drug-likeness (QED) is 0.491. The average molecular weight is 466 g/mol. The fraction of sp³-hybridized carbons (Fsp3) is 0.286. The van der Waals surface area contributed by atoms with Crippen LogP contribution in [0.15, 0.2) is 41.4 Å². The molecule has 3 aromatic rings. The minimum Gasteiger partial charge on any atom is -0.468 e. The number of anilines is 1. The van der Waals surface area contributed by atoms with Crippen molar-refractivity contribution in [3.8, 4) is 0 Å². The van der Waals surface area contributed by atoms with Crippen LogP contribution in [-0.4, -0.2) is 36.6 Å². The number of methoxy groups -OCH3 is 1. The number of ether oxygens (including phenoxy) is 1. The summed E-state index contributed by atoms with van der Waals surface area (Å²) in [5.41, 5.74) is 2.08. The number of hydrogen-bond acceptors (Lipinski definition) is 5. The van der Waals surface area contributed by atoms with Crippen molar-refractivity contribution >= 4 is 62.3 Å². The molecule has 1 aromatic heterocycles. The maximum Gasteiger partial charge on any atom is 0.325 e. The van der Waals surface area contributed by atoms with Crippen molar-refractivity contribution in [2.45, 2.75) is 20.4 Å². The van der Waals surface area contributed by atoms with E-state index in [-0.39, 0.29) is 6.54 Å². The predicted molar refractivity (Wildman–Crippen MR) is 122 cm³/mol. The Kier molecular flexibility index (Phi) is 7.18. The zero-order chi connectivity index (χ0) is 21.8. The maximum absolute atomic E-state index is 12.8. The van der Waals surface area contributed by atoms with Gasteiger partial charge in [-0.05, 0) is 50.2 Å². The Morgan fingerprint density at radius 3 is 2.40 bits per heavy atom. The van der Waals surface area contributed by atoms with Crippen LogP contribution < -0.4 is 9.70 Å². The van der Waals surface area contributed by atoms with Gasteiger partial charge in [-0.3, -0.25) is 9.59 Å². The molecular weight excluding hydrogens is 445 g/mol. The largest absolute Gasteiger partial charge is 0.468 e. The van der Waals surface area contributed by atoms with Crippen LogP contribution in [-0.2, 0) is 16.1 Å². The van der Waals surface area contributed by atoms with E-state index in [0.29, 0.717) is 25.9 Å². The van der Waals surface area contributed by atoms with E-state index in [1.807, 2.05) is 12.1 Å². The Morgan fingerprint density at radius 2 is 1.80 bits per heavy atom. The first-order valence-electron chi connectivity index (χ1n) is 9.37. The molecule has 9 heteroatoms. The number of carbonyl (C=O) groups is 2. The van der Waals surface area contributed by atoms with Crippen LogP contribution in [0.25, 0.3) is 10.2 Å². The first-order valence-corrected chi connectivity index (χ1v) is 10.9. The molecule has 30 heavy (non-hydrogen) atoms. The molecule has 0 spiro atoms. The molecule has 0 radical (unpaired) electrons. The molecule has 0 aliphatic rings. The highest BCUT2D eigenvalue weighted by molar-refractivity contribution is 7.16. The van der Waals surface area contributed by atoms with Gasteiger partial charge in [0.15, 0.2) is 4.80 Å². The van der Waals surface area contributed by atoms with Crippen LogP contribution in [0.2, 0.25) is 10.0 Å². The summed E-state index contributed by atoms with van der Waals surface area (Å²) in [5, 5.41) is 0.832. The Hall–Kier alpha value is -2.35. The summed E-state index contributed by atoms with van der Waals surface area (Å²) in [6.07, 6.45) is 0. The lowest BCUT2D eigenvalue weighted by Crippen LogP contribution is -2.23. The summed E-state index contributed by atoms with van der Waals surface area (Å²) in [6.45, 7) is 5.80. The standard InChI is InChI=1S/C21H21Cl2N3O3S/c1-4-25(5-2)15-8-6-13(7-9-15)20(28)24-21-26(12-18(27)29-3)19-16(23)10-14(22)11-17(19)30-21/h6-11H,4-5,12H2,1-3H3. The Morgan fingerprint density at radius 1 is 1.13 bits per heavy atom. The normalized spacial score (nSPS) is 11.7. The molecule has 0 atom stereocenters. The lowest BCUT2D eigenvalue weighted by atomic mass is 10.2. The first-order chi connectivity index (χ1) is 14.4. The zero-order valence-electron chi connectivity index (χ0n) is 16.8. The van der Waals surface area contributed by atoms with Crippen LogP contribution in [0.4, 0.5) is 5.69 Å². The van der Waals surface area contributed by atoms with E-state index in [2.05, 4.69) is 23.7 Å². The second kappa shape index (κ2) is 9.64. The summed E-state index contributed by atoms with van der Waals surface area (Å²) in [4.78, 5) is 31.5. The number of amides is 1. The fourth-order valence-electron chi connectivity index (χ4n) is 3.11. The van der Waals surface area contributed by atoms with E-state index in [9.17, 15) is 9.59 Å². The molecule has 0 saturated heterocycles. The summed E-state index contributed by atoms with van der Waals surface area (Å²) in [6, 6.07) is 10.6. The fourth-order valence-corrected chi connectivity index (χ4v) is 4.92.